The van der Waals surface area contributed by atoms with E-state index < -0.39 is 16.5 Å². The zero-order chi connectivity index (χ0) is 21.2. The van der Waals surface area contributed by atoms with E-state index in [2.05, 4.69) is 17.0 Å². The van der Waals surface area contributed by atoms with Gasteiger partial charge in [-0.1, -0.05) is 36.4 Å². The van der Waals surface area contributed by atoms with Gasteiger partial charge in [-0.05, 0) is 40.9 Å². The van der Waals surface area contributed by atoms with Crippen LogP contribution in [-0.4, -0.2) is 18.4 Å². The molecule has 0 bridgehead atoms. The Morgan fingerprint density at radius 3 is 2.58 bits per heavy atom. The van der Waals surface area contributed by atoms with Crippen LogP contribution in [0.4, 0.5) is 5.69 Å². The molecule has 1 aromatic heterocycles. The van der Waals surface area contributed by atoms with Crippen LogP contribution in [0.3, 0.4) is 0 Å². The normalized spacial score (nSPS) is 18.9. The molecule has 0 radical (unpaired) electrons. The van der Waals surface area contributed by atoms with E-state index in [4.69, 9.17) is 25.2 Å². The van der Waals surface area contributed by atoms with Gasteiger partial charge in [0.25, 0.3) is 5.24 Å². The molecule has 2 aliphatic rings. The van der Waals surface area contributed by atoms with E-state index in [9.17, 15) is 9.59 Å². The van der Waals surface area contributed by atoms with Gasteiger partial charge in [0.1, 0.15) is 12.4 Å². The summed E-state index contributed by atoms with van der Waals surface area (Å²) in [4.78, 5) is 25.7. The van der Waals surface area contributed by atoms with Crippen LogP contribution in [0.25, 0.3) is 11.2 Å². The fourth-order valence-electron chi connectivity index (χ4n) is 4.87. The number of benzene rings is 3. The summed E-state index contributed by atoms with van der Waals surface area (Å²) in [6.45, 7) is 1.65. The maximum Gasteiger partial charge on any atom is 0.519 e. The van der Waals surface area contributed by atoms with E-state index in [1.807, 2.05) is 36.4 Å². The molecule has 0 N–H and O–H groups in total. The van der Waals surface area contributed by atoms with Crippen LogP contribution in [0, 0.1) is 0 Å². The van der Waals surface area contributed by atoms with Crippen LogP contribution < -0.4 is 15.5 Å². The summed E-state index contributed by atoms with van der Waals surface area (Å²) in [7, 11) is 0. The van der Waals surface area contributed by atoms with Crippen molar-refractivity contribution in [2.45, 2.75) is 12.0 Å². The Labute approximate surface area is 181 Å². The first kappa shape index (κ1) is 18.3. The van der Waals surface area contributed by atoms with Gasteiger partial charge < -0.3 is 18.5 Å². The number of ether oxygens (including phenoxy) is 1. The number of hydrogen-bond acceptors (Lipinski definition) is 6. The Morgan fingerprint density at radius 1 is 1.00 bits per heavy atom. The van der Waals surface area contributed by atoms with E-state index in [0.29, 0.717) is 42.2 Å². The van der Waals surface area contributed by atoms with Gasteiger partial charge in [-0.25, -0.2) is 4.79 Å². The van der Waals surface area contributed by atoms with Crippen molar-refractivity contribution in [3.8, 4) is 5.75 Å². The maximum atomic E-state index is 11.9. The zero-order valence-electron chi connectivity index (χ0n) is 16.3. The molecule has 31 heavy (non-hydrogen) atoms. The highest BCUT2D eigenvalue weighted by Gasteiger charge is 2.50. The fourth-order valence-corrected chi connectivity index (χ4v) is 5.06. The molecule has 0 amide bonds. The molecule has 6 nitrogen and oxygen atoms in total. The number of fused-ring (bicyclic) bond motifs is 5. The number of carbonyl (C=O) groups excluding carboxylic acids is 1. The minimum absolute atomic E-state index is 0.374. The third-order valence-corrected chi connectivity index (χ3v) is 6.44. The Bertz CT molecular complexity index is 1420. The van der Waals surface area contributed by atoms with Crippen LogP contribution in [0.2, 0.25) is 0 Å². The number of halogens is 1. The average Bonchev–Trinajstić information content (AvgIpc) is 3.41. The second-order valence-corrected chi connectivity index (χ2v) is 8.27. The quantitative estimate of drug-likeness (QED) is 0.444. The molecule has 1 unspecified atom stereocenters. The first-order valence-corrected chi connectivity index (χ1v) is 10.3. The smallest absolute Gasteiger partial charge is 0.492 e. The molecule has 7 heteroatoms. The predicted octanol–water partition coefficient (Wildman–Crippen LogP) is 4.46. The lowest BCUT2D eigenvalue weighted by Crippen LogP contribution is -2.36. The largest absolute Gasteiger partial charge is 0.519 e. The van der Waals surface area contributed by atoms with Gasteiger partial charge in [0, 0.05) is 36.0 Å². The molecule has 0 saturated carbocycles. The molecule has 154 valence electrons. The van der Waals surface area contributed by atoms with Crippen LogP contribution in [0.1, 0.15) is 27.0 Å². The second kappa shape index (κ2) is 6.49. The van der Waals surface area contributed by atoms with Crippen LogP contribution in [-0.2, 0) is 12.0 Å². The topological polar surface area (TPSA) is 72.9 Å². The molecule has 0 saturated heterocycles. The molecule has 3 heterocycles. The Morgan fingerprint density at radius 2 is 1.74 bits per heavy atom. The Balaban J connectivity index is 1.47. The van der Waals surface area contributed by atoms with E-state index >= 15 is 0 Å². The lowest BCUT2D eigenvalue weighted by atomic mass is 9.78. The number of hydrogen-bond donors (Lipinski definition) is 0. The molecule has 1 atom stereocenters. The van der Waals surface area contributed by atoms with Crippen molar-refractivity contribution in [3.05, 3.63) is 93.5 Å². The Hall–Kier alpha value is -3.51. The highest BCUT2D eigenvalue weighted by atomic mass is 35.5. The Kier molecular flexibility index (Phi) is 3.83. The lowest BCUT2D eigenvalue weighted by molar-refractivity contribution is 0.108. The van der Waals surface area contributed by atoms with E-state index in [1.54, 1.807) is 12.1 Å². The fraction of sp³-hybridized carbons (Fsp3) is 0.167. The third kappa shape index (κ3) is 2.65. The molecule has 2 aliphatic heterocycles. The molecule has 0 aliphatic carbocycles. The van der Waals surface area contributed by atoms with Crippen molar-refractivity contribution in [1.82, 2.24) is 0 Å². The van der Waals surface area contributed by atoms with Gasteiger partial charge in [0.15, 0.2) is 11.2 Å². The van der Waals surface area contributed by atoms with Gasteiger partial charge in [-0.15, -0.1) is 0 Å². The summed E-state index contributed by atoms with van der Waals surface area (Å²) < 4.78 is 16.4. The van der Waals surface area contributed by atoms with E-state index in [0.717, 1.165) is 22.4 Å². The van der Waals surface area contributed by atoms with Crippen LogP contribution in [0.5, 0.6) is 5.75 Å². The molecule has 4 aromatic rings. The van der Waals surface area contributed by atoms with Crippen LogP contribution in [0.15, 0.2) is 74.3 Å². The second-order valence-electron chi connectivity index (χ2n) is 7.92. The van der Waals surface area contributed by atoms with Crippen molar-refractivity contribution < 1.29 is 18.4 Å². The summed E-state index contributed by atoms with van der Waals surface area (Å²) in [5.74, 6) is -0.0476. The van der Waals surface area contributed by atoms with E-state index in [1.165, 1.54) is 0 Å². The van der Waals surface area contributed by atoms with Gasteiger partial charge >= 0.3 is 5.82 Å². The van der Waals surface area contributed by atoms with Crippen molar-refractivity contribution in [3.63, 3.8) is 0 Å². The van der Waals surface area contributed by atoms with Gasteiger partial charge in [-0.3, -0.25) is 4.79 Å². The summed E-state index contributed by atoms with van der Waals surface area (Å²) in [6.07, 6.45) is 0. The number of rotatable bonds is 3. The summed E-state index contributed by atoms with van der Waals surface area (Å²) in [5, 5.41) is -0.468. The zero-order valence-corrected chi connectivity index (χ0v) is 17.0. The number of carbonyl (C=O) groups is 1. The van der Waals surface area contributed by atoms with Gasteiger partial charge in [-0.2, -0.15) is 0 Å². The average molecular weight is 434 g/mol. The molecular formula is C24H16ClNO5. The monoisotopic (exact) mass is 433 g/mol. The predicted molar refractivity (Wildman–Crippen MR) is 115 cm³/mol. The van der Waals surface area contributed by atoms with Gasteiger partial charge in [0.05, 0.1) is 5.41 Å². The van der Waals surface area contributed by atoms with Gasteiger partial charge in [0.2, 0.25) is 0 Å². The lowest BCUT2D eigenvalue weighted by Gasteiger charge is -2.25. The van der Waals surface area contributed by atoms with Crippen molar-refractivity contribution in [2.75, 3.05) is 18.1 Å². The van der Waals surface area contributed by atoms with Crippen molar-refractivity contribution in [2.24, 2.45) is 0 Å². The number of nitrogens with zero attached hydrogens (tertiary/aromatic N) is 1. The van der Waals surface area contributed by atoms with Crippen LogP contribution >= 0.6 is 11.6 Å². The number of anilines is 1. The molecule has 3 aromatic carbocycles. The minimum atomic E-state index is -0.733. The first-order chi connectivity index (χ1) is 15.0. The first-order valence-electron chi connectivity index (χ1n) is 9.88. The maximum absolute atomic E-state index is 11.9. The molecule has 1 spiro atoms. The minimum Gasteiger partial charge on any atom is -0.492 e. The number of para-hydroxylation sites is 1. The van der Waals surface area contributed by atoms with Crippen molar-refractivity contribution in [1.29, 1.82) is 0 Å². The summed E-state index contributed by atoms with van der Waals surface area (Å²) in [5.41, 5.74) is 4.90. The molecule has 0 fully saturated rings. The highest BCUT2D eigenvalue weighted by molar-refractivity contribution is 6.67. The SMILES string of the molecule is O=C(Cl)c1ccccc1CN1CC2(COc3cc4oc(=O)oc4cc32)c2ccccc21. The summed E-state index contributed by atoms with van der Waals surface area (Å²) in [6, 6.07) is 19.1. The highest BCUT2D eigenvalue weighted by Crippen LogP contribution is 2.52. The molecule has 6 rings (SSSR count). The third-order valence-electron chi connectivity index (χ3n) is 6.23. The van der Waals surface area contributed by atoms with E-state index in [-0.39, 0.29) is 0 Å². The standard InChI is InChI=1S/C24H16ClNO5/c25-22(27)15-6-2-1-5-14(15)11-26-12-24(16-7-3-4-8-18(16)26)13-29-19-10-21-20(9-17(19)24)30-23(28)31-21/h1-10H,11-13H2. The molecular weight excluding hydrogens is 418 g/mol. The van der Waals surface area contributed by atoms with Crippen molar-refractivity contribution >= 4 is 33.7 Å². The summed E-state index contributed by atoms with van der Waals surface area (Å²) >= 11 is 5.82.